The van der Waals surface area contributed by atoms with Gasteiger partial charge >= 0.3 is 12.4 Å². The van der Waals surface area contributed by atoms with E-state index in [1.165, 1.54) is 12.1 Å². The first-order chi connectivity index (χ1) is 18.8. The first kappa shape index (κ1) is 29.7. The summed E-state index contributed by atoms with van der Waals surface area (Å²) in [5, 5.41) is 0. The largest absolute Gasteiger partial charge is 0.494 e. The highest BCUT2D eigenvalue weighted by Gasteiger charge is 2.40. The number of rotatable bonds is 9. The molecule has 2 aromatic carbocycles. The second kappa shape index (κ2) is 12.1. The normalized spacial score (nSPS) is 16.9. The molecule has 2 heterocycles. The van der Waals surface area contributed by atoms with Crippen LogP contribution in [0.4, 0.5) is 26.3 Å². The first-order valence-corrected chi connectivity index (χ1v) is 13.2. The van der Waals surface area contributed by atoms with Crippen molar-refractivity contribution in [1.29, 1.82) is 0 Å². The van der Waals surface area contributed by atoms with Gasteiger partial charge in [-0.15, -0.1) is 0 Å². The van der Waals surface area contributed by atoms with E-state index in [1.54, 1.807) is 6.07 Å². The number of alkyl halides is 6. The Morgan fingerprint density at radius 3 is 2.30 bits per heavy atom. The van der Waals surface area contributed by atoms with E-state index in [2.05, 4.69) is 11.9 Å². The lowest BCUT2D eigenvalue weighted by Crippen LogP contribution is -2.44. The van der Waals surface area contributed by atoms with Crippen LogP contribution in [-0.2, 0) is 13.0 Å². The van der Waals surface area contributed by atoms with Crippen LogP contribution in [-0.4, -0.2) is 76.9 Å². The highest BCUT2D eigenvalue weighted by atomic mass is 19.4. The number of ether oxygens (including phenoxy) is 1. The minimum atomic E-state index is -4.98. The zero-order valence-electron chi connectivity index (χ0n) is 22.4. The van der Waals surface area contributed by atoms with E-state index >= 15 is 0 Å². The van der Waals surface area contributed by atoms with E-state index < -0.39 is 31.3 Å². The third-order valence-corrected chi connectivity index (χ3v) is 7.01. The van der Waals surface area contributed by atoms with Crippen LogP contribution in [0.3, 0.4) is 0 Å². The minimum absolute atomic E-state index is 0.226. The van der Waals surface area contributed by atoms with Crippen molar-refractivity contribution in [1.82, 2.24) is 19.4 Å². The Morgan fingerprint density at radius 2 is 1.70 bits per heavy atom. The highest BCUT2D eigenvalue weighted by molar-refractivity contribution is 5.97. The van der Waals surface area contributed by atoms with Crippen LogP contribution in [0.2, 0.25) is 0 Å². The zero-order valence-corrected chi connectivity index (χ0v) is 22.4. The van der Waals surface area contributed by atoms with Crippen molar-refractivity contribution in [3.63, 3.8) is 0 Å². The average Bonchev–Trinajstić information content (AvgIpc) is 3.20. The fraction of sp³-hybridized carbons (Fsp3) is 0.500. The molecule has 0 spiro atoms. The molecule has 0 radical (unpaired) electrons. The Balaban J connectivity index is 1.70. The van der Waals surface area contributed by atoms with Crippen LogP contribution in [0.5, 0.6) is 5.75 Å². The summed E-state index contributed by atoms with van der Waals surface area (Å²) in [4.78, 5) is 19.6. The number of carbonyl (C=O) groups is 1. The molecule has 1 atom stereocenters. The Labute approximate surface area is 228 Å². The summed E-state index contributed by atoms with van der Waals surface area (Å²) in [5.41, 5.74) is 1.67. The number of nitrogens with zero attached hydrogens (tertiary/aromatic N) is 4. The lowest BCUT2D eigenvalue weighted by atomic mass is 10.0. The number of hydrogen-bond acceptors (Lipinski definition) is 4. The van der Waals surface area contributed by atoms with E-state index in [0.29, 0.717) is 36.4 Å². The van der Waals surface area contributed by atoms with E-state index in [4.69, 9.17) is 9.72 Å². The van der Waals surface area contributed by atoms with Crippen LogP contribution in [0.1, 0.15) is 47.9 Å². The first-order valence-electron chi connectivity index (χ1n) is 13.2. The molecule has 0 bridgehead atoms. The van der Waals surface area contributed by atoms with Crippen LogP contribution >= 0.6 is 0 Å². The maximum Gasteiger partial charge on any atom is 0.406 e. The summed E-state index contributed by atoms with van der Waals surface area (Å²) < 4.78 is 85.6. The van der Waals surface area contributed by atoms with Crippen molar-refractivity contribution in [3.8, 4) is 5.75 Å². The molecule has 0 saturated carbocycles. The molecule has 1 aromatic heterocycles. The van der Waals surface area contributed by atoms with Gasteiger partial charge < -0.3 is 19.1 Å². The highest BCUT2D eigenvalue weighted by Crippen LogP contribution is 2.27. The van der Waals surface area contributed by atoms with Crippen molar-refractivity contribution in [2.24, 2.45) is 0 Å². The molecule has 1 amide bonds. The van der Waals surface area contributed by atoms with Crippen LogP contribution < -0.4 is 4.74 Å². The number of benzene rings is 2. The van der Waals surface area contributed by atoms with E-state index in [-0.39, 0.29) is 16.5 Å². The summed E-state index contributed by atoms with van der Waals surface area (Å²) in [5.74, 6) is 0.0605. The van der Waals surface area contributed by atoms with E-state index in [0.717, 1.165) is 37.1 Å². The molecule has 218 valence electrons. The summed E-state index contributed by atoms with van der Waals surface area (Å²) in [6, 6.07) is 11.9. The monoisotopic (exact) mass is 570 g/mol. The van der Waals surface area contributed by atoms with E-state index in [1.807, 2.05) is 35.8 Å². The number of imidazole rings is 1. The second-order valence-electron chi connectivity index (χ2n) is 10.1. The number of aromatic nitrogens is 2. The van der Waals surface area contributed by atoms with Crippen LogP contribution in [0, 0.1) is 0 Å². The molecule has 1 fully saturated rings. The molecule has 3 aromatic rings. The number of halogens is 6. The predicted molar refractivity (Wildman–Crippen MR) is 138 cm³/mol. The van der Waals surface area contributed by atoms with Crippen molar-refractivity contribution in [3.05, 3.63) is 59.4 Å². The minimum Gasteiger partial charge on any atom is -0.494 e. The zero-order chi connectivity index (χ0) is 29.1. The molecular weight excluding hydrogens is 538 g/mol. The molecule has 0 N–H and O–H groups in total. The van der Waals surface area contributed by atoms with Gasteiger partial charge in [-0.25, -0.2) is 4.98 Å². The number of amides is 1. The molecule has 4 rings (SSSR count). The van der Waals surface area contributed by atoms with Crippen molar-refractivity contribution in [2.45, 2.75) is 57.5 Å². The van der Waals surface area contributed by atoms with E-state index in [9.17, 15) is 31.1 Å². The fourth-order valence-corrected chi connectivity index (χ4v) is 5.10. The maximum absolute atomic E-state index is 13.0. The number of piperidine rings is 1. The molecule has 1 unspecified atom stereocenters. The number of likely N-dealkylation sites (tertiary alicyclic amines) is 1. The molecule has 6 nitrogen and oxygen atoms in total. The topological polar surface area (TPSA) is 50.6 Å². The quantitative estimate of drug-likeness (QED) is 0.293. The third-order valence-electron chi connectivity index (χ3n) is 7.01. The molecule has 1 aliphatic heterocycles. The van der Waals surface area contributed by atoms with Crippen molar-refractivity contribution < 1.29 is 35.9 Å². The molecule has 1 aliphatic rings. The average molecular weight is 571 g/mol. The summed E-state index contributed by atoms with van der Waals surface area (Å²) in [6.45, 7) is -0.0134. The van der Waals surface area contributed by atoms with Gasteiger partial charge in [-0.05, 0) is 69.3 Å². The Bertz CT molecular complexity index is 1290. The van der Waals surface area contributed by atoms with Crippen molar-refractivity contribution in [2.75, 3.05) is 33.3 Å². The Kier molecular flexibility index (Phi) is 8.96. The Hall–Kier alpha value is -3.28. The van der Waals surface area contributed by atoms with Crippen molar-refractivity contribution >= 4 is 16.9 Å². The molecule has 12 heteroatoms. The Morgan fingerprint density at radius 1 is 1.02 bits per heavy atom. The maximum atomic E-state index is 13.0. The number of carbonyl (C=O) groups excluding carboxylic acids is 1. The van der Waals surface area contributed by atoms with Gasteiger partial charge in [-0.1, -0.05) is 18.6 Å². The van der Waals surface area contributed by atoms with Gasteiger partial charge in [0.1, 0.15) is 24.7 Å². The summed E-state index contributed by atoms with van der Waals surface area (Å²) >= 11 is 0. The molecule has 40 heavy (non-hydrogen) atoms. The van der Waals surface area contributed by atoms with Gasteiger partial charge in [0, 0.05) is 24.6 Å². The van der Waals surface area contributed by atoms with Crippen LogP contribution in [0.25, 0.3) is 11.0 Å². The molecule has 0 aliphatic carbocycles. The molecular formula is C28H32F6N4O2. The van der Waals surface area contributed by atoms with Gasteiger partial charge in [0.2, 0.25) is 0 Å². The smallest absolute Gasteiger partial charge is 0.406 e. The standard InChI is InChI=1S/C28H32F6N4O2/c1-3-40-22-10-7-19(8-11-22)14-25-35-23-15-20(26(39)37(17-27(29,30)31)18-28(32,33)34)9-12-24(23)38(25)16-21-6-4-5-13-36(21)2/h7-12,15,21H,3-6,13-14,16-18H2,1-2H3. The van der Waals surface area contributed by atoms with Gasteiger partial charge in [-0.3, -0.25) is 4.79 Å². The fourth-order valence-electron chi connectivity index (χ4n) is 5.10. The lowest BCUT2D eigenvalue weighted by molar-refractivity contribution is -0.171. The van der Waals surface area contributed by atoms with Gasteiger partial charge in [0.25, 0.3) is 5.91 Å². The second-order valence-corrected chi connectivity index (χ2v) is 10.1. The third kappa shape index (κ3) is 7.67. The van der Waals surface area contributed by atoms with Gasteiger partial charge in [0.15, 0.2) is 0 Å². The van der Waals surface area contributed by atoms with Gasteiger partial charge in [0.05, 0.1) is 17.6 Å². The number of hydrogen-bond donors (Lipinski definition) is 0. The molecule has 1 saturated heterocycles. The summed E-state index contributed by atoms with van der Waals surface area (Å²) in [6.07, 6.45) is -6.35. The lowest BCUT2D eigenvalue weighted by Gasteiger charge is -2.33. The predicted octanol–water partition coefficient (Wildman–Crippen LogP) is 6.08. The van der Waals surface area contributed by atoms with Gasteiger partial charge in [-0.2, -0.15) is 26.3 Å². The number of likely N-dealkylation sites (N-methyl/N-ethyl adjacent to an activating group) is 1. The summed E-state index contributed by atoms with van der Waals surface area (Å²) in [7, 11) is 2.06. The SMILES string of the molecule is CCOc1ccc(Cc2nc3cc(C(=O)N(CC(F)(F)F)CC(F)(F)F)ccc3n2CC2CCCCN2C)cc1. The van der Waals surface area contributed by atoms with Crippen LogP contribution in [0.15, 0.2) is 42.5 Å². The number of fused-ring (bicyclic) bond motifs is 1.